The monoisotopic (exact) mass is 360 g/mol. The molecular formula is C17H19F3O3S. The fraction of sp³-hybridized carbons (Fsp3) is 0.471. The van der Waals surface area contributed by atoms with E-state index in [1.165, 1.54) is 6.07 Å². The van der Waals surface area contributed by atoms with Crippen LogP contribution in [0.4, 0.5) is 13.2 Å². The summed E-state index contributed by atoms with van der Waals surface area (Å²) in [6, 6.07) is 6.33. The van der Waals surface area contributed by atoms with Gasteiger partial charge in [0.15, 0.2) is 4.75 Å². The summed E-state index contributed by atoms with van der Waals surface area (Å²) in [6.45, 7) is 8.16. The lowest BCUT2D eigenvalue weighted by Gasteiger charge is -2.39. The van der Waals surface area contributed by atoms with Gasteiger partial charge in [0.25, 0.3) is 0 Å². The number of hydrogen-bond acceptors (Lipinski definition) is 4. The molecule has 2 atom stereocenters. The van der Waals surface area contributed by atoms with Gasteiger partial charge in [0.05, 0.1) is 0 Å². The summed E-state index contributed by atoms with van der Waals surface area (Å²) in [4.78, 5) is 12.8. The number of esters is 1. The van der Waals surface area contributed by atoms with Crippen LogP contribution in [0.2, 0.25) is 0 Å². The lowest BCUT2D eigenvalue weighted by molar-refractivity contribution is -0.164. The van der Waals surface area contributed by atoms with Crippen LogP contribution in [-0.2, 0) is 21.6 Å². The summed E-state index contributed by atoms with van der Waals surface area (Å²) in [7, 11) is 0. The van der Waals surface area contributed by atoms with E-state index in [1.54, 1.807) is 39.0 Å². The predicted octanol–water partition coefficient (Wildman–Crippen LogP) is 3.95. The van der Waals surface area contributed by atoms with Crippen LogP contribution >= 0.6 is 11.8 Å². The van der Waals surface area contributed by atoms with Gasteiger partial charge in [0.2, 0.25) is 0 Å². The van der Waals surface area contributed by atoms with Gasteiger partial charge in [-0.15, -0.1) is 0 Å². The molecule has 0 amide bonds. The lowest BCUT2D eigenvalue weighted by atomic mass is 9.86. The summed E-state index contributed by atoms with van der Waals surface area (Å²) >= 11 is -0.547. The molecule has 0 spiro atoms. The summed E-state index contributed by atoms with van der Waals surface area (Å²) in [5, 5.41) is 11.1. The van der Waals surface area contributed by atoms with Crippen LogP contribution in [-0.4, -0.2) is 26.9 Å². The van der Waals surface area contributed by atoms with E-state index in [2.05, 4.69) is 6.58 Å². The lowest BCUT2D eigenvalue weighted by Crippen LogP contribution is -2.55. The van der Waals surface area contributed by atoms with Gasteiger partial charge in [-0.05, 0) is 43.7 Å². The number of aliphatic hydroxyl groups is 1. The third-order valence-electron chi connectivity index (χ3n) is 3.80. The number of ether oxygens (including phenoxy) is 1. The van der Waals surface area contributed by atoms with Crippen molar-refractivity contribution in [3.63, 3.8) is 0 Å². The average Bonchev–Trinajstić information content (AvgIpc) is 2.66. The average molecular weight is 360 g/mol. The number of rotatable bonds is 3. The Kier molecular flexibility index (Phi) is 4.56. The Morgan fingerprint density at radius 2 is 1.92 bits per heavy atom. The van der Waals surface area contributed by atoms with E-state index in [0.29, 0.717) is 5.56 Å². The minimum atomic E-state index is -4.74. The normalized spacial score (nSPS) is 26.8. The maximum absolute atomic E-state index is 13.3. The molecule has 2 rings (SSSR count). The molecule has 0 aliphatic heterocycles. The van der Waals surface area contributed by atoms with E-state index < -0.39 is 39.2 Å². The molecule has 1 aromatic carbocycles. The van der Waals surface area contributed by atoms with E-state index in [-0.39, 0.29) is 12.0 Å². The van der Waals surface area contributed by atoms with Crippen molar-refractivity contribution < 1.29 is 27.8 Å². The molecule has 1 N–H and O–H groups in total. The number of fused-ring (bicyclic) bond motifs is 1. The number of carbonyl (C=O) groups excluding carboxylic acids is 1. The molecule has 132 valence electrons. The number of halogens is 3. The van der Waals surface area contributed by atoms with Crippen molar-refractivity contribution in [3.8, 4) is 0 Å². The fourth-order valence-electron chi connectivity index (χ4n) is 2.88. The van der Waals surface area contributed by atoms with Crippen LogP contribution in [0.15, 0.2) is 36.9 Å². The van der Waals surface area contributed by atoms with Crippen LogP contribution in [0.25, 0.3) is 0 Å². The molecule has 0 heterocycles. The van der Waals surface area contributed by atoms with Crippen LogP contribution < -0.4 is 0 Å². The smallest absolute Gasteiger partial charge is 0.443 e. The molecule has 0 fully saturated rings. The van der Waals surface area contributed by atoms with Crippen molar-refractivity contribution in [3.05, 3.63) is 48.0 Å². The summed E-state index contributed by atoms with van der Waals surface area (Å²) in [6.07, 6.45) is 0.687. The van der Waals surface area contributed by atoms with Crippen molar-refractivity contribution in [2.24, 2.45) is 0 Å². The summed E-state index contributed by atoms with van der Waals surface area (Å²) < 4.78 is 42.7. The van der Waals surface area contributed by atoms with E-state index >= 15 is 0 Å². The highest BCUT2D eigenvalue weighted by Crippen LogP contribution is 2.57. The predicted molar refractivity (Wildman–Crippen MR) is 86.5 cm³/mol. The van der Waals surface area contributed by atoms with Crippen molar-refractivity contribution in [2.45, 2.75) is 48.6 Å². The Labute approximate surface area is 142 Å². The van der Waals surface area contributed by atoms with Gasteiger partial charge in [-0.3, -0.25) is 4.79 Å². The molecule has 24 heavy (non-hydrogen) atoms. The van der Waals surface area contributed by atoms with E-state index in [0.717, 1.165) is 6.08 Å². The maximum Gasteiger partial charge on any atom is 0.443 e. The first-order valence-electron chi connectivity index (χ1n) is 7.29. The molecule has 0 saturated heterocycles. The molecule has 1 aromatic rings. The molecule has 1 aliphatic rings. The zero-order valence-corrected chi connectivity index (χ0v) is 14.4. The molecular weight excluding hydrogens is 341 g/mol. The minimum absolute atomic E-state index is 0.239. The van der Waals surface area contributed by atoms with Crippen molar-refractivity contribution >= 4 is 17.7 Å². The highest BCUT2D eigenvalue weighted by atomic mass is 32.2. The first kappa shape index (κ1) is 18.9. The second-order valence-corrected chi connectivity index (χ2v) is 8.05. The Morgan fingerprint density at radius 3 is 2.42 bits per heavy atom. The Hall–Kier alpha value is -1.47. The van der Waals surface area contributed by atoms with E-state index in [9.17, 15) is 23.1 Å². The molecule has 3 nitrogen and oxygen atoms in total. The van der Waals surface area contributed by atoms with E-state index in [1.807, 2.05) is 0 Å². The Morgan fingerprint density at radius 1 is 1.33 bits per heavy atom. The van der Waals surface area contributed by atoms with Crippen LogP contribution in [0.1, 0.15) is 31.9 Å². The molecule has 0 aromatic heterocycles. The SMILES string of the molecule is C=CC1(O)c2ccccc2CC1(SC(F)(F)F)C(=O)OC(C)(C)C. The number of benzene rings is 1. The molecule has 1 aliphatic carbocycles. The summed E-state index contributed by atoms with van der Waals surface area (Å²) in [5.41, 5.74) is -7.22. The summed E-state index contributed by atoms with van der Waals surface area (Å²) in [5.74, 6) is -1.11. The Balaban J connectivity index is 2.63. The zero-order chi connectivity index (χ0) is 18.4. The fourth-order valence-corrected chi connectivity index (χ4v) is 3.98. The quantitative estimate of drug-likeness (QED) is 0.655. The molecule has 0 radical (unpaired) electrons. The van der Waals surface area contributed by atoms with Gasteiger partial charge in [0.1, 0.15) is 11.2 Å². The van der Waals surface area contributed by atoms with Gasteiger partial charge < -0.3 is 9.84 Å². The number of thioether (sulfide) groups is 1. The third kappa shape index (κ3) is 3.19. The van der Waals surface area contributed by atoms with Gasteiger partial charge in [-0.2, -0.15) is 13.2 Å². The van der Waals surface area contributed by atoms with Gasteiger partial charge in [-0.25, -0.2) is 0 Å². The van der Waals surface area contributed by atoms with Crippen molar-refractivity contribution in [2.75, 3.05) is 0 Å². The van der Waals surface area contributed by atoms with Crippen molar-refractivity contribution in [1.82, 2.24) is 0 Å². The standard InChI is InChI=1S/C17H19F3O3S/c1-5-15(22)12-9-7-6-8-11(12)10-16(15,24-17(18,19)20)13(21)23-14(2,3)4/h5-9,22H,1,10H2,2-4H3. The molecule has 0 saturated carbocycles. The second kappa shape index (κ2) is 5.81. The highest BCUT2D eigenvalue weighted by Gasteiger charge is 2.66. The topological polar surface area (TPSA) is 46.5 Å². The van der Waals surface area contributed by atoms with Crippen LogP contribution in [0, 0.1) is 0 Å². The van der Waals surface area contributed by atoms with Crippen LogP contribution in [0.5, 0.6) is 0 Å². The number of carbonyl (C=O) groups is 1. The van der Waals surface area contributed by atoms with Gasteiger partial charge in [-0.1, -0.05) is 36.9 Å². The van der Waals surface area contributed by atoms with Gasteiger partial charge in [0, 0.05) is 6.42 Å². The second-order valence-electron chi connectivity index (χ2n) is 6.68. The minimum Gasteiger partial charge on any atom is -0.459 e. The Bertz CT molecular complexity index is 666. The van der Waals surface area contributed by atoms with Gasteiger partial charge >= 0.3 is 11.5 Å². The molecule has 0 bridgehead atoms. The third-order valence-corrected chi connectivity index (χ3v) is 5.00. The number of alkyl halides is 3. The maximum atomic E-state index is 13.3. The zero-order valence-electron chi connectivity index (χ0n) is 13.6. The molecule has 2 unspecified atom stereocenters. The number of hydrogen-bond donors (Lipinski definition) is 1. The van der Waals surface area contributed by atoms with Crippen LogP contribution in [0.3, 0.4) is 0 Å². The highest BCUT2D eigenvalue weighted by molar-refractivity contribution is 8.02. The largest absolute Gasteiger partial charge is 0.459 e. The van der Waals surface area contributed by atoms with E-state index in [4.69, 9.17) is 4.74 Å². The first-order valence-corrected chi connectivity index (χ1v) is 8.11. The first-order chi connectivity index (χ1) is 10.8. The van der Waals surface area contributed by atoms with Crippen molar-refractivity contribution in [1.29, 1.82) is 0 Å². The molecule has 7 heteroatoms.